The highest BCUT2D eigenvalue weighted by Crippen LogP contribution is 2.56. The van der Waals surface area contributed by atoms with Crippen LogP contribution in [0, 0.1) is 5.92 Å². The van der Waals surface area contributed by atoms with E-state index >= 15 is 0 Å². The molecular weight excluding hydrogens is 186 g/mol. The van der Waals surface area contributed by atoms with Gasteiger partial charge in [-0.15, -0.1) is 0 Å². The van der Waals surface area contributed by atoms with Gasteiger partial charge in [0.05, 0.1) is 7.11 Å². The lowest BCUT2D eigenvalue weighted by molar-refractivity contribution is 0.413. The molecule has 0 bridgehead atoms. The van der Waals surface area contributed by atoms with E-state index in [1.807, 2.05) is 6.07 Å². The standard InChI is InChI=1S/C13H19NO/c1-3-13(8-11(13)9-14)10-5-4-6-12(7-10)15-2/h4-7,11H,3,8-9,14H2,1-2H3/t11-,13?/m0/s1. The van der Waals surface area contributed by atoms with E-state index in [1.54, 1.807) is 7.11 Å². The molecule has 1 aliphatic carbocycles. The van der Waals surface area contributed by atoms with E-state index in [-0.39, 0.29) is 0 Å². The zero-order valence-corrected chi connectivity index (χ0v) is 9.49. The van der Waals surface area contributed by atoms with Gasteiger partial charge in [-0.2, -0.15) is 0 Å². The van der Waals surface area contributed by atoms with Crippen LogP contribution in [0.1, 0.15) is 25.3 Å². The van der Waals surface area contributed by atoms with E-state index in [0.717, 1.165) is 12.3 Å². The van der Waals surface area contributed by atoms with E-state index < -0.39 is 0 Å². The molecule has 2 N–H and O–H groups in total. The first kappa shape index (κ1) is 10.5. The Kier molecular flexibility index (Phi) is 2.70. The van der Waals surface area contributed by atoms with Crippen molar-refractivity contribution < 1.29 is 4.74 Å². The third kappa shape index (κ3) is 1.63. The molecule has 1 aromatic carbocycles. The fourth-order valence-electron chi connectivity index (χ4n) is 2.61. The van der Waals surface area contributed by atoms with Crippen LogP contribution >= 0.6 is 0 Å². The van der Waals surface area contributed by atoms with Gasteiger partial charge in [-0.1, -0.05) is 19.1 Å². The van der Waals surface area contributed by atoms with Crippen molar-refractivity contribution in [1.29, 1.82) is 0 Å². The Bertz CT molecular complexity index is 350. The van der Waals surface area contributed by atoms with Crippen LogP contribution in [-0.2, 0) is 5.41 Å². The monoisotopic (exact) mass is 205 g/mol. The summed E-state index contributed by atoms with van der Waals surface area (Å²) in [6.45, 7) is 3.04. The third-order valence-corrected chi connectivity index (χ3v) is 3.79. The predicted molar refractivity (Wildman–Crippen MR) is 62.1 cm³/mol. The first-order valence-corrected chi connectivity index (χ1v) is 5.61. The van der Waals surface area contributed by atoms with Gasteiger partial charge in [0.25, 0.3) is 0 Å². The van der Waals surface area contributed by atoms with Gasteiger partial charge in [0.2, 0.25) is 0 Å². The molecule has 0 radical (unpaired) electrons. The summed E-state index contributed by atoms with van der Waals surface area (Å²) in [6, 6.07) is 8.41. The van der Waals surface area contributed by atoms with Crippen molar-refractivity contribution >= 4 is 0 Å². The van der Waals surface area contributed by atoms with Crippen molar-refractivity contribution in [2.24, 2.45) is 11.7 Å². The van der Waals surface area contributed by atoms with Gasteiger partial charge in [0.15, 0.2) is 0 Å². The summed E-state index contributed by atoms with van der Waals surface area (Å²) in [4.78, 5) is 0. The molecule has 0 aliphatic heterocycles. The van der Waals surface area contributed by atoms with Gasteiger partial charge in [-0.3, -0.25) is 0 Å². The molecule has 2 nitrogen and oxygen atoms in total. The highest BCUT2D eigenvalue weighted by atomic mass is 16.5. The Hall–Kier alpha value is -1.02. The van der Waals surface area contributed by atoms with Crippen LogP contribution in [0.15, 0.2) is 24.3 Å². The predicted octanol–water partition coefficient (Wildman–Crippen LogP) is 2.32. The van der Waals surface area contributed by atoms with Crippen LogP contribution in [0.3, 0.4) is 0 Å². The second-order valence-electron chi connectivity index (χ2n) is 4.38. The number of benzene rings is 1. The van der Waals surface area contributed by atoms with Crippen molar-refractivity contribution in [3.8, 4) is 5.75 Å². The first-order valence-electron chi connectivity index (χ1n) is 5.61. The number of nitrogens with two attached hydrogens (primary N) is 1. The van der Waals surface area contributed by atoms with Gasteiger partial charge < -0.3 is 10.5 Å². The van der Waals surface area contributed by atoms with Crippen molar-refractivity contribution in [2.75, 3.05) is 13.7 Å². The smallest absolute Gasteiger partial charge is 0.119 e. The van der Waals surface area contributed by atoms with E-state index in [0.29, 0.717) is 11.3 Å². The SMILES string of the molecule is CCC1(c2cccc(OC)c2)C[C@H]1CN. The molecule has 0 heterocycles. The van der Waals surface area contributed by atoms with Crippen LogP contribution in [0.5, 0.6) is 5.75 Å². The van der Waals surface area contributed by atoms with Crippen molar-refractivity contribution in [1.82, 2.24) is 0 Å². The number of hydrogen-bond donors (Lipinski definition) is 1. The molecule has 1 fully saturated rings. The summed E-state index contributed by atoms with van der Waals surface area (Å²) in [7, 11) is 1.71. The van der Waals surface area contributed by atoms with E-state index in [2.05, 4.69) is 25.1 Å². The lowest BCUT2D eigenvalue weighted by atomic mass is 9.90. The third-order valence-electron chi connectivity index (χ3n) is 3.79. The van der Waals surface area contributed by atoms with Crippen LogP contribution in [0.2, 0.25) is 0 Å². The summed E-state index contributed by atoms with van der Waals surface area (Å²) in [5, 5.41) is 0. The molecule has 0 amide bonds. The van der Waals surface area contributed by atoms with E-state index in [9.17, 15) is 0 Å². The van der Waals surface area contributed by atoms with Crippen molar-refractivity contribution in [3.63, 3.8) is 0 Å². The maximum Gasteiger partial charge on any atom is 0.119 e. The van der Waals surface area contributed by atoms with Crippen LogP contribution < -0.4 is 10.5 Å². The Balaban J connectivity index is 2.28. The summed E-state index contributed by atoms with van der Waals surface area (Å²) in [5.41, 5.74) is 7.49. The molecule has 1 unspecified atom stereocenters. The minimum atomic E-state index is 0.337. The van der Waals surface area contributed by atoms with Crippen molar-refractivity contribution in [3.05, 3.63) is 29.8 Å². The van der Waals surface area contributed by atoms with Gasteiger partial charge >= 0.3 is 0 Å². The largest absolute Gasteiger partial charge is 0.497 e. The van der Waals surface area contributed by atoms with Gasteiger partial charge in [-0.25, -0.2) is 0 Å². The lowest BCUT2D eigenvalue weighted by Crippen LogP contribution is -2.14. The van der Waals surface area contributed by atoms with Crippen LogP contribution in [-0.4, -0.2) is 13.7 Å². The summed E-state index contributed by atoms with van der Waals surface area (Å²) in [6.07, 6.45) is 2.40. The average Bonchev–Trinajstić information content (AvgIpc) is 3.04. The second-order valence-corrected chi connectivity index (χ2v) is 4.38. The molecule has 0 saturated heterocycles. The Morgan fingerprint density at radius 1 is 1.53 bits per heavy atom. The molecule has 1 saturated carbocycles. The Morgan fingerprint density at radius 2 is 2.33 bits per heavy atom. The first-order chi connectivity index (χ1) is 7.26. The number of methoxy groups -OCH3 is 1. The molecule has 0 spiro atoms. The minimum Gasteiger partial charge on any atom is -0.497 e. The molecular formula is C13H19NO. The molecule has 1 aliphatic rings. The molecule has 1 aromatic rings. The number of ether oxygens (including phenoxy) is 1. The van der Waals surface area contributed by atoms with Crippen molar-refractivity contribution in [2.45, 2.75) is 25.2 Å². The van der Waals surface area contributed by atoms with E-state index in [1.165, 1.54) is 18.4 Å². The van der Waals surface area contributed by atoms with Crippen LogP contribution in [0.25, 0.3) is 0 Å². The lowest BCUT2D eigenvalue weighted by Gasteiger charge is -2.16. The molecule has 82 valence electrons. The Morgan fingerprint density at radius 3 is 2.87 bits per heavy atom. The van der Waals surface area contributed by atoms with Gasteiger partial charge in [0, 0.05) is 0 Å². The molecule has 2 rings (SSSR count). The highest BCUT2D eigenvalue weighted by Gasteiger charge is 2.52. The minimum absolute atomic E-state index is 0.337. The topological polar surface area (TPSA) is 35.2 Å². The molecule has 2 heteroatoms. The number of hydrogen-bond acceptors (Lipinski definition) is 2. The molecule has 0 aromatic heterocycles. The maximum atomic E-state index is 5.76. The van der Waals surface area contributed by atoms with Crippen LogP contribution in [0.4, 0.5) is 0 Å². The summed E-state index contributed by atoms with van der Waals surface area (Å²) in [5.74, 6) is 1.61. The number of rotatable bonds is 4. The average molecular weight is 205 g/mol. The fourth-order valence-corrected chi connectivity index (χ4v) is 2.61. The van der Waals surface area contributed by atoms with E-state index in [4.69, 9.17) is 10.5 Å². The quantitative estimate of drug-likeness (QED) is 0.818. The highest BCUT2D eigenvalue weighted by molar-refractivity contribution is 5.39. The Labute approximate surface area is 91.4 Å². The van der Waals surface area contributed by atoms with Gasteiger partial charge in [-0.05, 0) is 48.4 Å². The fraction of sp³-hybridized carbons (Fsp3) is 0.538. The second kappa shape index (κ2) is 3.86. The summed E-state index contributed by atoms with van der Waals surface area (Å²) < 4.78 is 5.26. The zero-order chi connectivity index (χ0) is 10.9. The zero-order valence-electron chi connectivity index (χ0n) is 9.49. The molecule has 15 heavy (non-hydrogen) atoms. The summed E-state index contributed by atoms with van der Waals surface area (Å²) >= 11 is 0. The van der Waals surface area contributed by atoms with Gasteiger partial charge in [0.1, 0.15) is 5.75 Å². The maximum absolute atomic E-state index is 5.76. The normalized spacial score (nSPS) is 28.9. The molecule has 2 atom stereocenters.